The topological polar surface area (TPSA) is 56.1 Å². The van der Waals surface area contributed by atoms with Gasteiger partial charge in [-0.15, -0.1) is 0 Å². The van der Waals surface area contributed by atoms with Gasteiger partial charge in [-0.05, 0) is 37.3 Å². The van der Waals surface area contributed by atoms with Crippen LogP contribution < -0.4 is 5.32 Å². The number of rotatable bonds is 7. The molecule has 0 saturated heterocycles. The molecule has 1 amide bonds. The first-order valence-electron chi connectivity index (χ1n) is 8.36. The molecule has 0 aliphatic carbocycles. The summed E-state index contributed by atoms with van der Waals surface area (Å²) < 4.78 is 21.8. The van der Waals surface area contributed by atoms with Crippen molar-refractivity contribution in [1.29, 1.82) is 0 Å². The molecule has 0 aliphatic heterocycles. The van der Waals surface area contributed by atoms with Gasteiger partial charge in [-0.1, -0.05) is 39.8 Å². The normalized spacial score (nSPS) is 12.3. The lowest BCUT2D eigenvalue weighted by molar-refractivity contribution is -0.115. The molecule has 0 aliphatic rings. The molecule has 0 spiro atoms. The number of thioether (sulfide) groups is 1. The van der Waals surface area contributed by atoms with Gasteiger partial charge in [0, 0.05) is 18.1 Å². The van der Waals surface area contributed by atoms with Crippen molar-refractivity contribution in [1.82, 2.24) is 9.55 Å². The third-order valence-corrected chi connectivity index (χ3v) is 5.56. The van der Waals surface area contributed by atoms with E-state index in [2.05, 4.69) is 26.2 Å². The van der Waals surface area contributed by atoms with E-state index in [0.717, 1.165) is 16.2 Å². The molecule has 1 aromatic heterocycles. The van der Waals surface area contributed by atoms with Gasteiger partial charge in [0.1, 0.15) is 5.82 Å². The molecule has 0 bridgehead atoms. The van der Waals surface area contributed by atoms with Crippen molar-refractivity contribution in [2.24, 2.45) is 0 Å². The number of benzene rings is 2. The van der Waals surface area contributed by atoms with Crippen LogP contribution in [0.25, 0.3) is 11.0 Å². The highest BCUT2D eigenvalue weighted by molar-refractivity contribution is 9.10. The highest BCUT2D eigenvalue weighted by Gasteiger charge is 2.20. The number of halogens is 2. The summed E-state index contributed by atoms with van der Waals surface area (Å²) in [6.45, 7) is 2.95. The molecule has 0 saturated carbocycles. The van der Waals surface area contributed by atoms with Gasteiger partial charge in [-0.2, -0.15) is 0 Å². The number of amides is 1. The summed E-state index contributed by atoms with van der Waals surface area (Å²) in [5.74, 6) is -0.770. The molecule has 3 aromatic rings. The van der Waals surface area contributed by atoms with Crippen LogP contribution in [0.4, 0.5) is 10.1 Å². The Morgan fingerprint density at radius 2 is 2.15 bits per heavy atom. The first-order valence-corrected chi connectivity index (χ1v) is 10.0. The maximum absolute atomic E-state index is 14.0. The zero-order valence-electron chi connectivity index (χ0n) is 14.9. The fourth-order valence-electron chi connectivity index (χ4n) is 2.58. The number of nitrogens with one attached hydrogen (secondary N) is 1. The Hall–Kier alpha value is -1.90. The van der Waals surface area contributed by atoms with Crippen molar-refractivity contribution in [2.45, 2.75) is 23.9 Å². The fraction of sp³-hybridized carbons (Fsp3) is 0.263. The zero-order chi connectivity index (χ0) is 19.4. The van der Waals surface area contributed by atoms with E-state index in [-0.39, 0.29) is 11.6 Å². The van der Waals surface area contributed by atoms with Gasteiger partial charge in [-0.3, -0.25) is 4.79 Å². The molecule has 27 heavy (non-hydrogen) atoms. The standard InChI is InChI=1S/C19H19BrFN3O2S/c1-12(18(25)22-15-8-7-13(20)11-14(15)21)27-19-23-16-5-3-4-6-17(16)24(19)9-10-26-2/h3-8,11-12H,9-10H2,1-2H3,(H,22,25). The molecule has 142 valence electrons. The van der Waals surface area contributed by atoms with E-state index in [1.54, 1.807) is 20.1 Å². The fourth-order valence-corrected chi connectivity index (χ4v) is 3.86. The second kappa shape index (κ2) is 8.86. The Kier molecular flexibility index (Phi) is 6.51. The number of nitrogens with zero attached hydrogens (tertiary/aromatic N) is 2. The van der Waals surface area contributed by atoms with Crippen LogP contribution in [-0.2, 0) is 16.1 Å². The van der Waals surface area contributed by atoms with Crippen LogP contribution in [0.15, 0.2) is 52.1 Å². The lowest BCUT2D eigenvalue weighted by atomic mass is 10.3. The minimum Gasteiger partial charge on any atom is -0.383 e. The number of imidazole rings is 1. The largest absolute Gasteiger partial charge is 0.383 e. The van der Waals surface area contributed by atoms with Crippen LogP contribution in [0.5, 0.6) is 0 Å². The molecule has 8 heteroatoms. The Morgan fingerprint density at radius 3 is 2.89 bits per heavy atom. The number of fused-ring (bicyclic) bond motifs is 1. The summed E-state index contributed by atoms with van der Waals surface area (Å²) in [7, 11) is 1.65. The van der Waals surface area contributed by atoms with Gasteiger partial charge in [0.25, 0.3) is 0 Å². The monoisotopic (exact) mass is 451 g/mol. The quantitative estimate of drug-likeness (QED) is 0.528. The number of methoxy groups -OCH3 is 1. The Bertz CT molecular complexity index is 963. The molecule has 1 N–H and O–H groups in total. The van der Waals surface area contributed by atoms with Crippen LogP contribution in [0, 0.1) is 5.82 Å². The van der Waals surface area contributed by atoms with Gasteiger partial charge in [0.15, 0.2) is 5.16 Å². The second-order valence-corrected chi connectivity index (χ2v) is 8.12. The molecule has 1 heterocycles. The average Bonchev–Trinajstić information content (AvgIpc) is 2.99. The van der Waals surface area contributed by atoms with Crippen LogP contribution in [0.3, 0.4) is 0 Å². The number of aromatic nitrogens is 2. The number of carbonyl (C=O) groups excluding carboxylic acids is 1. The summed E-state index contributed by atoms with van der Waals surface area (Å²) in [4.78, 5) is 17.2. The van der Waals surface area contributed by atoms with Crippen molar-refractivity contribution >= 4 is 50.3 Å². The van der Waals surface area contributed by atoms with E-state index in [4.69, 9.17) is 4.74 Å². The predicted octanol–water partition coefficient (Wildman–Crippen LogP) is 4.70. The smallest absolute Gasteiger partial charge is 0.237 e. The lowest BCUT2D eigenvalue weighted by Crippen LogP contribution is -2.23. The van der Waals surface area contributed by atoms with Crippen LogP contribution in [-0.4, -0.2) is 34.4 Å². The summed E-state index contributed by atoms with van der Waals surface area (Å²) in [6, 6.07) is 12.3. The number of hydrogen-bond acceptors (Lipinski definition) is 4. The number of ether oxygens (including phenoxy) is 1. The second-order valence-electron chi connectivity index (χ2n) is 5.90. The summed E-state index contributed by atoms with van der Waals surface area (Å²) >= 11 is 4.54. The van der Waals surface area contributed by atoms with Crippen LogP contribution in [0.1, 0.15) is 6.92 Å². The molecule has 2 aromatic carbocycles. The van der Waals surface area contributed by atoms with Crippen molar-refractivity contribution in [3.63, 3.8) is 0 Å². The Balaban J connectivity index is 1.78. The van der Waals surface area contributed by atoms with E-state index < -0.39 is 11.1 Å². The molecule has 1 atom stereocenters. The highest BCUT2D eigenvalue weighted by Crippen LogP contribution is 2.28. The third-order valence-electron chi connectivity index (χ3n) is 3.98. The van der Waals surface area contributed by atoms with Gasteiger partial charge in [0.05, 0.1) is 28.6 Å². The first-order chi connectivity index (χ1) is 13.0. The minimum atomic E-state index is -0.484. The van der Waals surface area contributed by atoms with E-state index in [1.165, 1.54) is 23.9 Å². The third kappa shape index (κ3) is 4.69. The number of hydrogen-bond donors (Lipinski definition) is 1. The molecule has 3 rings (SSSR count). The van der Waals surface area contributed by atoms with E-state index >= 15 is 0 Å². The molecular formula is C19H19BrFN3O2S. The van der Waals surface area contributed by atoms with E-state index in [9.17, 15) is 9.18 Å². The minimum absolute atomic E-state index is 0.156. The molecule has 1 unspecified atom stereocenters. The van der Waals surface area contributed by atoms with E-state index in [1.807, 2.05) is 28.8 Å². The number of para-hydroxylation sites is 2. The Morgan fingerprint density at radius 1 is 1.37 bits per heavy atom. The number of anilines is 1. The van der Waals surface area contributed by atoms with Crippen LogP contribution >= 0.6 is 27.7 Å². The zero-order valence-corrected chi connectivity index (χ0v) is 17.3. The van der Waals surface area contributed by atoms with Gasteiger partial charge in [0.2, 0.25) is 5.91 Å². The Labute approximate surface area is 169 Å². The predicted molar refractivity (Wildman–Crippen MR) is 110 cm³/mol. The SMILES string of the molecule is COCCn1c(SC(C)C(=O)Nc2ccc(Br)cc2F)nc2ccccc21. The average molecular weight is 452 g/mol. The van der Waals surface area contributed by atoms with E-state index in [0.29, 0.717) is 17.6 Å². The van der Waals surface area contributed by atoms with Gasteiger partial charge >= 0.3 is 0 Å². The van der Waals surface area contributed by atoms with Gasteiger partial charge in [-0.25, -0.2) is 9.37 Å². The number of carbonyl (C=O) groups is 1. The first kappa shape index (κ1) is 19.9. The summed E-state index contributed by atoms with van der Waals surface area (Å²) in [5.41, 5.74) is 2.01. The van der Waals surface area contributed by atoms with Crippen molar-refractivity contribution in [2.75, 3.05) is 19.0 Å². The molecule has 5 nitrogen and oxygen atoms in total. The maximum Gasteiger partial charge on any atom is 0.237 e. The van der Waals surface area contributed by atoms with Crippen molar-refractivity contribution in [3.05, 3.63) is 52.8 Å². The molecule has 0 fully saturated rings. The summed E-state index contributed by atoms with van der Waals surface area (Å²) in [5, 5.41) is 2.91. The van der Waals surface area contributed by atoms with Gasteiger partial charge < -0.3 is 14.6 Å². The molecule has 0 radical (unpaired) electrons. The summed E-state index contributed by atoms with van der Waals surface area (Å²) in [6.07, 6.45) is 0. The van der Waals surface area contributed by atoms with Crippen LogP contribution in [0.2, 0.25) is 0 Å². The lowest BCUT2D eigenvalue weighted by Gasteiger charge is -2.14. The molecular weight excluding hydrogens is 433 g/mol. The maximum atomic E-state index is 14.0. The highest BCUT2D eigenvalue weighted by atomic mass is 79.9. The van der Waals surface area contributed by atoms with Crippen molar-refractivity contribution < 1.29 is 13.9 Å². The van der Waals surface area contributed by atoms with Crippen molar-refractivity contribution in [3.8, 4) is 0 Å².